The quantitative estimate of drug-likeness (QED) is 0.00718. The van der Waals surface area contributed by atoms with Gasteiger partial charge in [-0.3, -0.25) is 43.3 Å². The van der Waals surface area contributed by atoms with Crippen molar-refractivity contribution in [3.05, 3.63) is 195 Å². The molecule has 602 valence electrons. The van der Waals surface area contributed by atoms with E-state index < -0.39 is 171 Å². The zero-order valence-electron chi connectivity index (χ0n) is 64.2. The third-order valence-electron chi connectivity index (χ3n) is 21.0. The second kappa shape index (κ2) is 34.3. The normalized spacial score (nSPS) is 23.1. The molecule has 4 aromatic carbocycles. The number of hydrogen-bond donors (Lipinski definition) is 9. The van der Waals surface area contributed by atoms with Crippen molar-refractivity contribution in [1.82, 2.24) is 40.9 Å². The zero-order chi connectivity index (χ0) is 82.4. The molecule has 2 saturated carbocycles. The van der Waals surface area contributed by atoms with E-state index >= 15 is 4.79 Å². The number of Topliss-reactive ketones (excluding diaryl/α,β-unsaturated/α-hetero) is 1. The summed E-state index contributed by atoms with van der Waals surface area (Å²) in [5.74, 6) is -10.6. The van der Waals surface area contributed by atoms with Crippen LogP contribution in [0.15, 0.2) is 165 Å². The van der Waals surface area contributed by atoms with E-state index in [2.05, 4.69) is 46.2 Å². The SMILES string of the molecule is CC(=O)O[C@H]1C(=O)[C@]2(C)[C@@H](OC(=O)C/C=C/[Si](C)(C)O[Si](C)(C)CSc3ncc(CNC(=O)CC[C@H](NC(=O)c4ccc(NCc5cnc6nc(N)[nH]c(=O)c6n5)cc4)C(=O)O)o3)C[C@H]3OC[C@@]3(OC(C)=O)[C@H]2[C@H](OC(=O)c2ccccc2)[C@]2(O)C[C@H](OC(=O)[C@H](O)[C@@H](NC(=O)c3ccccc3)c3ccccc3)C(C)=C1C2(C)C. The third-order valence-corrected chi connectivity index (χ3v) is 30.1. The van der Waals surface area contributed by atoms with E-state index in [-0.39, 0.29) is 88.9 Å². The first-order chi connectivity index (χ1) is 53.9. The number of aromatic amines is 1. The second-order valence-electron chi connectivity index (χ2n) is 30.4. The molecule has 3 fully saturated rings. The van der Waals surface area contributed by atoms with Crippen LogP contribution in [0.1, 0.15) is 128 Å². The minimum absolute atomic E-state index is 0.00356. The lowest BCUT2D eigenvalue weighted by molar-refractivity contribution is -0.346. The summed E-state index contributed by atoms with van der Waals surface area (Å²) >= 11 is 1.29. The molecule has 11 rings (SSSR count). The maximum absolute atomic E-state index is 16.6. The molecule has 10 N–H and O–H groups in total. The number of esters is 5. The van der Waals surface area contributed by atoms with Crippen LogP contribution in [0.3, 0.4) is 0 Å². The van der Waals surface area contributed by atoms with Crippen LogP contribution in [-0.4, -0.2) is 182 Å². The number of aromatic nitrogens is 5. The summed E-state index contributed by atoms with van der Waals surface area (Å²) in [7, 11) is -5.42. The Morgan fingerprint density at radius 3 is 2.08 bits per heavy atom. The van der Waals surface area contributed by atoms with Gasteiger partial charge in [0.15, 0.2) is 51.4 Å². The Balaban J connectivity index is 0.750. The van der Waals surface area contributed by atoms with Crippen molar-refractivity contribution in [3.8, 4) is 0 Å². The van der Waals surface area contributed by atoms with Crippen LogP contribution in [0.5, 0.6) is 0 Å². The minimum Gasteiger partial charge on any atom is -0.480 e. The number of carbonyl (C=O) groups excluding carboxylic acids is 9. The molecule has 32 nitrogen and oxygen atoms in total. The molecule has 3 aromatic heterocycles. The highest BCUT2D eigenvalue weighted by Gasteiger charge is 2.79. The maximum atomic E-state index is 16.6. The summed E-state index contributed by atoms with van der Waals surface area (Å²) in [5.41, 5.74) is 0.105. The molecule has 114 heavy (non-hydrogen) atoms. The summed E-state index contributed by atoms with van der Waals surface area (Å²) in [6, 6.07) is 27.3. The molecule has 4 heterocycles. The number of nitrogens with two attached hydrogens (primary N) is 1. The van der Waals surface area contributed by atoms with Gasteiger partial charge in [0.25, 0.3) is 22.6 Å². The molecule has 3 aliphatic carbocycles. The number of anilines is 2. The standard InChI is InChI=1S/C79H90N10O22SSi2/c1-43-54(107-73(102)62(94)60(46-21-14-11-15-22-46)87-69(97)47-23-16-12-17-24-47)36-79(103)66(109-72(101)49-25-18-13-19-26-49)64-77(6,65(95)63(105-44(2)90)59(43)76(79,4)5)55(35-56-78(64,41-104-56)110-45(3)91)108-58(93)27-20-34-113(7,8)111-114(9,10)42-112-75-84-40-52(106-75)39-82-57(92)33-32-53(71(99)100)86-68(96)48-28-30-50(31-29-48)81-37-51-38-83-67-61(85-51)70(98)89-74(80)88-67/h11-26,28-31,34,38,40,53-56,60,62-64,66,81,94,103H,27,32-33,35-37,39,41-42H2,1-10H3,(H,82,92)(H,86,96)(H,87,97)(H,99,100)(H3,80,83,88,89,98)/b34-20+/t53-,54-,55-,56+,60-,62+,63+,64-,66-,77+,78-,79+/m0/s1. The number of aliphatic hydroxyl groups is 2. The van der Waals surface area contributed by atoms with Crippen molar-refractivity contribution in [1.29, 1.82) is 0 Å². The molecule has 35 heteroatoms. The first-order valence-corrected chi connectivity index (χ1v) is 43.8. The van der Waals surface area contributed by atoms with Gasteiger partial charge in [-0.2, -0.15) is 4.98 Å². The van der Waals surface area contributed by atoms with Crippen LogP contribution in [0, 0.1) is 16.7 Å². The Hall–Kier alpha value is -11.1. The van der Waals surface area contributed by atoms with Crippen LogP contribution < -0.4 is 32.6 Å². The number of thioether (sulfide) groups is 1. The fourth-order valence-electron chi connectivity index (χ4n) is 15.5. The number of benzene rings is 4. The Morgan fingerprint density at radius 2 is 1.44 bits per heavy atom. The number of carboxylic acid groups (broad SMARTS) is 1. The highest BCUT2D eigenvalue weighted by Crippen LogP contribution is 2.65. The number of fused-ring (bicyclic) bond motifs is 6. The Kier molecular flexibility index (Phi) is 25.2. The van der Waals surface area contributed by atoms with Gasteiger partial charge >= 0.3 is 35.8 Å². The topological polar surface area (TPSA) is 468 Å². The lowest BCUT2D eigenvalue weighted by Crippen LogP contribution is -2.82. The molecule has 3 amide bonds. The number of ether oxygens (including phenoxy) is 6. The predicted molar refractivity (Wildman–Crippen MR) is 415 cm³/mol. The Labute approximate surface area is 660 Å². The number of ketones is 1. The Bertz CT molecular complexity index is 4960. The monoisotopic (exact) mass is 1620 g/mol. The van der Waals surface area contributed by atoms with Crippen LogP contribution in [-0.2, 0) is 79.2 Å². The van der Waals surface area contributed by atoms with Crippen molar-refractivity contribution >= 4 is 111 Å². The molecule has 4 aliphatic rings. The lowest BCUT2D eigenvalue weighted by Gasteiger charge is -2.67. The number of oxazole rings is 1. The second-order valence-corrected chi connectivity index (χ2v) is 40.0. The fraction of sp³-hybridized carbons (Fsp3) is 0.405. The molecule has 12 atom stereocenters. The lowest BCUT2D eigenvalue weighted by atomic mass is 9.44. The summed E-state index contributed by atoms with van der Waals surface area (Å²) in [6.45, 7) is 15.7. The van der Waals surface area contributed by atoms with Gasteiger partial charge in [0.1, 0.15) is 41.8 Å². The van der Waals surface area contributed by atoms with Crippen LogP contribution in [0.25, 0.3) is 11.2 Å². The number of carbonyl (C=O) groups is 10. The fourth-order valence-corrected chi connectivity index (χ4v) is 25.1. The molecule has 1 saturated heterocycles. The first-order valence-electron chi connectivity index (χ1n) is 36.7. The number of H-pyrrole nitrogens is 1. The van der Waals surface area contributed by atoms with Gasteiger partial charge in [-0.05, 0) is 112 Å². The number of aliphatic carboxylic acids is 1. The van der Waals surface area contributed by atoms with E-state index in [9.17, 15) is 63.3 Å². The third kappa shape index (κ3) is 18.4. The molecule has 0 spiro atoms. The van der Waals surface area contributed by atoms with Gasteiger partial charge in [0.05, 0.1) is 67.1 Å². The molecule has 2 bridgehead atoms. The van der Waals surface area contributed by atoms with E-state index in [1.54, 1.807) is 103 Å². The molecular weight excluding hydrogens is 1530 g/mol. The average molecular weight is 1620 g/mol. The zero-order valence-corrected chi connectivity index (χ0v) is 67.0. The summed E-state index contributed by atoms with van der Waals surface area (Å²) < 4.78 is 50.8. The van der Waals surface area contributed by atoms with Gasteiger partial charge in [-0.25, -0.2) is 29.3 Å². The number of carboxylic acids is 1. The highest BCUT2D eigenvalue weighted by atomic mass is 32.2. The predicted octanol–water partition coefficient (Wildman–Crippen LogP) is 7.02. The van der Waals surface area contributed by atoms with E-state index in [1.165, 1.54) is 76.1 Å². The number of nitrogens with one attached hydrogen (secondary N) is 5. The molecule has 7 aromatic rings. The van der Waals surface area contributed by atoms with Crippen molar-refractivity contribution in [3.63, 3.8) is 0 Å². The van der Waals surface area contributed by atoms with E-state index in [0.29, 0.717) is 28.1 Å². The Morgan fingerprint density at radius 1 is 0.789 bits per heavy atom. The van der Waals surface area contributed by atoms with Crippen molar-refractivity contribution in [2.45, 2.75) is 178 Å². The van der Waals surface area contributed by atoms with Gasteiger partial charge in [-0.1, -0.05) is 104 Å². The summed E-state index contributed by atoms with van der Waals surface area (Å²) in [4.78, 5) is 172. The molecule has 0 unspecified atom stereocenters. The van der Waals surface area contributed by atoms with Gasteiger partial charge in [-0.15, -0.1) is 0 Å². The van der Waals surface area contributed by atoms with E-state index in [4.69, 9.17) is 42.7 Å². The van der Waals surface area contributed by atoms with Crippen molar-refractivity contribution < 1.29 is 100 Å². The van der Waals surface area contributed by atoms with Crippen molar-refractivity contribution in [2.24, 2.45) is 16.7 Å². The number of amides is 3. The molecule has 1 aliphatic heterocycles. The molecule has 0 radical (unpaired) electrons. The van der Waals surface area contributed by atoms with Crippen LogP contribution in [0.2, 0.25) is 26.2 Å². The number of nitrogens with zero attached hydrogens (tertiary/aromatic N) is 4. The van der Waals surface area contributed by atoms with Gasteiger partial charge < -0.3 is 79.3 Å². The van der Waals surface area contributed by atoms with Crippen molar-refractivity contribution in [2.75, 3.05) is 23.0 Å². The number of nitrogen functional groups attached to an aromatic ring is 1. The van der Waals surface area contributed by atoms with Crippen LogP contribution in [0.4, 0.5) is 11.6 Å². The van der Waals surface area contributed by atoms with Gasteiger partial charge in [0.2, 0.25) is 11.9 Å². The van der Waals surface area contributed by atoms with Gasteiger partial charge in [0, 0.05) is 60.7 Å². The van der Waals surface area contributed by atoms with E-state index in [0.717, 1.165) is 13.8 Å². The average Bonchev–Trinajstić information content (AvgIpc) is 0.695. The summed E-state index contributed by atoms with van der Waals surface area (Å²) in [6.07, 6.45) is -7.80. The summed E-state index contributed by atoms with van der Waals surface area (Å²) in [5, 5.41) is 48.1. The maximum Gasteiger partial charge on any atom is 0.338 e. The first kappa shape index (κ1) is 83.8. The number of hydrogen-bond acceptors (Lipinski definition) is 28. The molecular formula is C79H90N10O22SSi2. The number of aliphatic hydroxyl groups excluding tert-OH is 1. The minimum atomic E-state index is -2.80. The smallest absolute Gasteiger partial charge is 0.338 e. The highest BCUT2D eigenvalue weighted by molar-refractivity contribution is 8.00. The largest absolute Gasteiger partial charge is 0.480 e. The van der Waals surface area contributed by atoms with E-state index in [1.807, 2.05) is 26.2 Å². The number of rotatable bonds is 30. The van der Waals surface area contributed by atoms with Crippen LogP contribution >= 0.6 is 11.8 Å².